The van der Waals surface area contributed by atoms with Crippen molar-refractivity contribution in [3.8, 4) is 5.75 Å². The van der Waals surface area contributed by atoms with Crippen LogP contribution in [0.1, 0.15) is 54.2 Å². The molecule has 0 saturated carbocycles. The molecule has 0 spiro atoms. The number of aryl methyl sites for hydroxylation is 1. The number of benzene rings is 1. The van der Waals surface area contributed by atoms with Crippen LogP contribution in [0.5, 0.6) is 5.75 Å². The van der Waals surface area contributed by atoms with Gasteiger partial charge in [-0.05, 0) is 49.1 Å². The van der Waals surface area contributed by atoms with E-state index in [0.717, 1.165) is 30.9 Å². The zero-order chi connectivity index (χ0) is 28.3. The number of carboxylic acid groups (broad SMARTS) is 2. The Morgan fingerprint density at radius 3 is 2.83 bits per heavy atom. The van der Waals surface area contributed by atoms with Gasteiger partial charge >= 0.3 is 11.9 Å². The van der Waals surface area contributed by atoms with Crippen LogP contribution in [0.2, 0.25) is 0 Å². The summed E-state index contributed by atoms with van der Waals surface area (Å²) in [6.45, 7) is 1.74. The van der Waals surface area contributed by atoms with Crippen molar-refractivity contribution >= 4 is 35.5 Å². The van der Waals surface area contributed by atoms with Crippen molar-refractivity contribution in [2.75, 3.05) is 35.6 Å². The van der Waals surface area contributed by atoms with Gasteiger partial charge in [-0.3, -0.25) is 14.6 Å². The maximum atomic E-state index is 11.6. The molecule has 1 aliphatic rings. The van der Waals surface area contributed by atoms with Crippen LogP contribution in [-0.4, -0.2) is 63.0 Å². The number of ether oxygens (including phenoxy) is 1. The van der Waals surface area contributed by atoms with Gasteiger partial charge < -0.3 is 36.3 Å². The maximum Gasteiger partial charge on any atom is 0.305 e. The number of aliphatic carboxylic acids is 2. The fraction of sp³-hybridized carbons (Fsp3) is 0.357. The molecule has 3 aromatic rings. The molecule has 12 nitrogen and oxygen atoms in total. The van der Waals surface area contributed by atoms with Crippen molar-refractivity contribution in [1.29, 1.82) is 5.41 Å². The van der Waals surface area contributed by atoms with Gasteiger partial charge in [-0.1, -0.05) is 6.07 Å². The van der Waals surface area contributed by atoms with E-state index in [1.807, 2.05) is 6.07 Å². The van der Waals surface area contributed by atoms with Gasteiger partial charge in [0.05, 0.1) is 37.2 Å². The van der Waals surface area contributed by atoms with Crippen LogP contribution in [0.3, 0.4) is 0 Å². The number of carboxylic acids is 2. The smallest absolute Gasteiger partial charge is 0.305 e. The molecule has 1 unspecified atom stereocenters. The second-order valence-electron chi connectivity index (χ2n) is 9.38. The number of carbonyl (C=O) groups is 2. The number of nitrogens with one attached hydrogen (secondary N) is 4. The number of nitrogens with zero attached hydrogens (tertiary/aromatic N) is 3. The average Bonchev–Trinajstić information content (AvgIpc) is 2.95. The summed E-state index contributed by atoms with van der Waals surface area (Å²) in [5, 5.41) is 35.7. The second kappa shape index (κ2) is 13.9. The molecule has 1 aliphatic heterocycles. The predicted octanol–water partition coefficient (Wildman–Crippen LogP) is 3.75. The van der Waals surface area contributed by atoms with Gasteiger partial charge in [-0.15, -0.1) is 0 Å². The topological polar surface area (TPSA) is 182 Å². The van der Waals surface area contributed by atoms with Gasteiger partial charge in [0.2, 0.25) is 0 Å². The standard InChI is InChI=1S/C28H33N7O5/c29-15-19-13-21(40-12-9-20-6-5-18-3-1-11-32-28(18)33-20)7-8-22(19)34-23(14-27(38)39)24-16-30-17-25(35-24)31-10-2-4-26(36)37/h5-8,13,15-17,23,29,34H,1-4,9-12,14H2,(H,31,35)(H,32,33)(H,36,37)(H,38,39). The number of anilines is 3. The van der Waals surface area contributed by atoms with Crippen LogP contribution in [0.25, 0.3) is 0 Å². The van der Waals surface area contributed by atoms with Crippen LogP contribution in [0.15, 0.2) is 42.7 Å². The third kappa shape index (κ3) is 8.13. The molecule has 0 aliphatic carbocycles. The minimum Gasteiger partial charge on any atom is -0.493 e. The summed E-state index contributed by atoms with van der Waals surface area (Å²) in [4.78, 5) is 35.6. The molecule has 6 N–H and O–H groups in total. The van der Waals surface area contributed by atoms with Gasteiger partial charge in [0, 0.05) is 49.1 Å². The van der Waals surface area contributed by atoms with Crippen LogP contribution >= 0.6 is 0 Å². The summed E-state index contributed by atoms with van der Waals surface area (Å²) in [5.74, 6) is 0.0455. The van der Waals surface area contributed by atoms with Gasteiger partial charge in [-0.25, -0.2) is 9.97 Å². The normalized spacial score (nSPS) is 12.9. The van der Waals surface area contributed by atoms with Gasteiger partial charge in [0.1, 0.15) is 17.4 Å². The number of hydrogen-bond donors (Lipinski definition) is 6. The maximum absolute atomic E-state index is 11.6. The summed E-state index contributed by atoms with van der Waals surface area (Å²) in [5.41, 5.74) is 3.65. The Labute approximate surface area is 231 Å². The first kappa shape index (κ1) is 28.3. The van der Waals surface area contributed by atoms with Crippen molar-refractivity contribution in [1.82, 2.24) is 15.0 Å². The first-order valence-electron chi connectivity index (χ1n) is 13.2. The van der Waals surface area contributed by atoms with E-state index in [2.05, 4.69) is 37.0 Å². The van der Waals surface area contributed by atoms with Crippen molar-refractivity contribution < 1.29 is 24.5 Å². The lowest BCUT2D eigenvalue weighted by Crippen LogP contribution is -2.18. The van der Waals surface area contributed by atoms with E-state index in [9.17, 15) is 14.7 Å². The summed E-state index contributed by atoms with van der Waals surface area (Å²) in [7, 11) is 0. The lowest BCUT2D eigenvalue weighted by Gasteiger charge is -2.20. The van der Waals surface area contributed by atoms with Crippen molar-refractivity contribution in [3.05, 3.63) is 65.2 Å². The van der Waals surface area contributed by atoms with E-state index in [0.29, 0.717) is 54.5 Å². The first-order chi connectivity index (χ1) is 19.4. The molecule has 2 aromatic heterocycles. The van der Waals surface area contributed by atoms with Crippen LogP contribution in [0, 0.1) is 5.41 Å². The van der Waals surface area contributed by atoms with Gasteiger partial charge in [-0.2, -0.15) is 0 Å². The molecule has 1 atom stereocenters. The Morgan fingerprint density at radius 1 is 1.15 bits per heavy atom. The van der Waals surface area contributed by atoms with Crippen molar-refractivity contribution in [3.63, 3.8) is 0 Å². The molecule has 0 saturated heterocycles. The molecular weight excluding hydrogens is 514 g/mol. The van der Waals surface area contributed by atoms with Crippen molar-refractivity contribution in [2.24, 2.45) is 0 Å². The highest BCUT2D eigenvalue weighted by Gasteiger charge is 2.19. The zero-order valence-electron chi connectivity index (χ0n) is 22.0. The molecule has 0 bridgehead atoms. The van der Waals surface area contributed by atoms with Crippen LogP contribution in [0.4, 0.5) is 17.3 Å². The van der Waals surface area contributed by atoms with Crippen LogP contribution in [-0.2, 0) is 22.4 Å². The van der Waals surface area contributed by atoms with Gasteiger partial charge in [0.25, 0.3) is 0 Å². The molecule has 210 valence electrons. The quantitative estimate of drug-likeness (QED) is 0.120. The highest BCUT2D eigenvalue weighted by atomic mass is 16.5. The summed E-state index contributed by atoms with van der Waals surface area (Å²) >= 11 is 0. The third-order valence-electron chi connectivity index (χ3n) is 6.35. The van der Waals surface area contributed by atoms with E-state index >= 15 is 0 Å². The van der Waals surface area contributed by atoms with Gasteiger partial charge in [0.15, 0.2) is 0 Å². The Morgan fingerprint density at radius 2 is 2.02 bits per heavy atom. The lowest BCUT2D eigenvalue weighted by atomic mass is 10.1. The van der Waals surface area contributed by atoms with E-state index < -0.39 is 18.0 Å². The number of pyridine rings is 1. The fourth-order valence-corrected chi connectivity index (χ4v) is 4.35. The lowest BCUT2D eigenvalue weighted by molar-refractivity contribution is -0.138. The summed E-state index contributed by atoms with van der Waals surface area (Å²) < 4.78 is 5.93. The fourth-order valence-electron chi connectivity index (χ4n) is 4.35. The molecule has 0 radical (unpaired) electrons. The first-order valence-corrected chi connectivity index (χ1v) is 13.2. The number of rotatable bonds is 15. The minimum absolute atomic E-state index is 0.0256. The molecule has 1 aromatic carbocycles. The number of fused-ring (bicyclic) bond motifs is 1. The Kier molecular flexibility index (Phi) is 9.81. The zero-order valence-corrected chi connectivity index (χ0v) is 22.0. The minimum atomic E-state index is -1.03. The van der Waals surface area contributed by atoms with E-state index in [-0.39, 0.29) is 12.8 Å². The third-order valence-corrected chi connectivity index (χ3v) is 6.35. The number of hydrogen-bond acceptors (Lipinski definition) is 10. The number of aromatic nitrogens is 3. The summed E-state index contributed by atoms with van der Waals surface area (Å²) in [6, 6.07) is 8.65. The second-order valence-corrected chi connectivity index (χ2v) is 9.38. The highest BCUT2D eigenvalue weighted by Crippen LogP contribution is 2.27. The largest absolute Gasteiger partial charge is 0.493 e. The Hall–Kier alpha value is -4.74. The van der Waals surface area contributed by atoms with E-state index in [4.69, 9.17) is 15.3 Å². The molecule has 12 heteroatoms. The van der Waals surface area contributed by atoms with Crippen molar-refractivity contribution in [2.45, 2.75) is 44.6 Å². The average molecular weight is 548 g/mol. The van der Waals surface area contributed by atoms with Crippen LogP contribution < -0.4 is 20.7 Å². The molecule has 3 heterocycles. The molecule has 40 heavy (non-hydrogen) atoms. The van der Waals surface area contributed by atoms with E-state index in [1.54, 1.807) is 18.2 Å². The monoisotopic (exact) mass is 547 g/mol. The van der Waals surface area contributed by atoms with E-state index in [1.165, 1.54) is 24.2 Å². The SMILES string of the molecule is N=Cc1cc(OCCc2ccc3c(n2)NCCC3)ccc1NC(CC(=O)O)c1cncc(NCCCC(=O)O)n1. The molecule has 0 fully saturated rings. The molecular formula is C28H33N7O5. The molecule has 0 amide bonds. The molecule has 4 rings (SSSR count). The predicted molar refractivity (Wildman–Crippen MR) is 151 cm³/mol. The summed E-state index contributed by atoms with van der Waals surface area (Å²) in [6.07, 6.45) is 7.11. The Bertz CT molecular complexity index is 1350. The Balaban J connectivity index is 1.40. The highest BCUT2D eigenvalue weighted by molar-refractivity contribution is 5.86.